The van der Waals surface area contributed by atoms with E-state index in [0.717, 1.165) is 12.8 Å². The molecule has 2 amide bonds. The maximum atomic E-state index is 12.5. The summed E-state index contributed by atoms with van der Waals surface area (Å²) in [4.78, 5) is 26.3. The number of hydrogen-bond acceptors (Lipinski definition) is 4. The molecule has 0 aliphatic carbocycles. The molecule has 0 radical (unpaired) electrons. The molecule has 1 N–H and O–H groups in total. The number of anilines is 1. The van der Waals surface area contributed by atoms with Gasteiger partial charge in [0.15, 0.2) is 0 Å². The monoisotopic (exact) mass is 318 g/mol. The van der Waals surface area contributed by atoms with Gasteiger partial charge in [-0.2, -0.15) is 0 Å². The Labute approximate surface area is 135 Å². The van der Waals surface area contributed by atoms with Crippen LogP contribution >= 0.6 is 0 Å². The largest absolute Gasteiger partial charge is 0.377 e. The summed E-state index contributed by atoms with van der Waals surface area (Å²) in [6, 6.07) is 7.08. The van der Waals surface area contributed by atoms with E-state index in [4.69, 9.17) is 9.47 Å². The van der Waals surface area contributed by atoms with Crippen molar-refractivity contribution >= 4 is 17.5 Å². The summed E-state index contributed by atoms with van der Waals surface area (Å²) in [5, 5.41) is 2.83. The Hall–Kier alpha value is -1.92. The van der Waals surface area contributed by atoms with E-state index >= 15 is 0 Å². The van der Waals surface area contributed by atoms with Crippen LogP contribution in [0.5, 0.6) is 0 Å². The molecule has 23 heavy (non-hydrogen) atoms. The first-order chi connectivity index (χ1) is 11.1. The van der Waals surface area contributed by atoms with E-state index in [9.17, 15) is 9.59 Å². The number of amides is 2. The quantitative estimate of drug-likeness (QED) is 0.920. The molecule has 124 valence electrons. The molecule has 2 saturated heterocycles. The van der Waals surface area contributed by atoms with E-state index in [-0.39, 0.29) is 24.0 Å². The number of ether oxygens (including phenoxy) is 2. The highest BCUT2D eigenvalue weighted by atomic mass is 16.5. The van der Waals surface area contributed by atoms with Crippen molar-refractivity contribution < 1.29 is 19.1 Å². The number of hydrogen-bond donors (Lipinski definition) is 1. The summed E-state index contributed by atoms with van der Waals surface area (Å²) in [6.07, 6.45) is 1.33. The third kappa shape index (κ3) is 3.71. The van der Waals surface area contributed by atoms with Gasteiger partial charge in [0.1, 0.15) is 6.10 Å². The van der Waals surface area contributed by atoms with E-state index in [1.54, 1.807) is 24.3 Å². The van der Waals surface area contributed by atoms with Crippen LogP contribution in [0.25, 0.3) is 0 Å². The van der Waals surface area contributed by atoms with Crippen LogP contribution in [-0.2, 0) is 14.3 Å². The molecular formula is C17H22N2O4. The molecule has 1 aromatic carbocycles. The molecule has 0 bridgehead atoms. The average Bonchev–Trinajstić information content (AvgIpc) is 3.10. The highest BCUT2D eigenvalue weighted by Gasteiger charge is 2.25. The summed E-state index contributed by atoms with van der Waals surface area (Å²) >= 11 is 0. The summed E-state index contributed by atoms with van der Waals surface area (Å²) in [5.41, 5.74) is 1.30. The fraction of sp³-hybridized carbons (Fsp3) is 0.529. The second-order valence-electron chi connectivity index (χ2n) is 5.99. The molecule has 3 rings (SSSR count). The minimum Gasteiger partial charge on any atom is -0.377 e. The third-order valence-electron chi connectivity index (χ3n) is 4.25. The molecule has 0 aromatic heterocycles. The standard InChI is InChI=1S/C17H22N2O4/c1-12-11-22-10-8-19(12)17(21)13-4-6-14(7-5-13)18-16(20)15-3-2-9-23-15/h4-7,12,15H,2-3,8-11H2,1H3,(H,18,20). The second kappa shape index (κ2) is 7.10. The second-order valence-corrected chi connectivity index (χ2v) is 5.99. The predicted molar refractivity (Wildman–Crippen MR) is 85.4 cm³/mol. The highest BCUT2D eigenvalue weighted by molar-refractivity contribution is 5.97. The van der Waals surface area contributed by atoms with Crippen LogP contribution in [0.15, 0.2) is 24.3 Å². The molecule has 2 unspecified atom stereocenters. The molecule has 0 saturated carbocycles. The smallest absolute Gasteiger partial charge is 0.254 e. The van der Waals surface area contributed by atoms with E-state index in [2.05, 4.69) is 5.32 Å². The highest BCUT2D eigenvalue weighted by Crippen LogP contribution is 2.17. The fourth-order valence-electron chi connectivity index (χ4n) is 2.90. The van der Waals surface area contributed by atoms with Gasteiger partial charge in [-0.05, 0) is 44.0 Å². The molecule has 2 atom stereocenters. The van der Waals surface area contributed by atoms with Crippen LogP contribution in [0.2, 0.25) is 0 Å². The lowest BCUT2D eigenvalue weighted by Crippen LogP contribution is -2.47. The van der Waals surface area contributed by atoms with Gasteiger partial charge < -0.3 is 19.7 Å². The molecule has 2 aliphatic heterocycles. The zero-order valence-corrected chi connectivity index (χ0v) is 13.3. The molecule has 6 heteroatoms. The molecule has 1 aromatic rings. The summed E-state index contributed by atoms with van der Waals surface area (Å²) < 4.78 is 10.7. The minimum absolute atomic E-state index is 0.00203. The van der Waals surface area contributed by atoms with Gasteiger partial charge in [0.25, 0.3) is 11.8 Å². The minimum atomic E-state index is -0.356. The molecule has 2 fully saturated rings. The van der Waals surface area contributed by atoms with Gasteiger partial charge >= 0.3 is 0 Å². The van der Waals surface area contributed by atoms with Gasteiger partial charge in [-0.15, -0.1) is 0 Å². The zero-order valence-electron chi connectivity index (χ0n) is 13.3. The number of carbonyl (C=O) groups excluding carboxylic acids is 2. The van der Waals surface area contributed by atoms with Crippen LogP contribution in [0.3, 0.4) is 0 Å². The van der Waals surface area contributed by atoms with Crippen LogP contribution in [0, 0.1) is 0 Å². The number of nitrogens with one attached hydrogen (secondary N) is 1. The average molecular weight is 318 g/mol. The first-order valence-corrected chi connectivity index (χ1v) is 8.06. The van der Waals surface area contributed by atoms with E-state index < -0.39 is 0 Å². The molecule has 0 spiro atoms. The molecule has 2 aliphatic rings. The van der Waals surface area contributed by atoms with Crippen LogP contribution in [0.1, 0.15) is 30.1 Å². The topological polar surface area (TPSA) is 67.9 Å². The van der Waals surface area contributed by atoms with Crippen molar-refractivity contribution in [2.45, 2.75) is 31.9 Å². The Kier molecular flexibility index (Phi) is 4.93. The summed E-state index contributed by atoms with van der Waals surface area (Å²) in [5.74, 6) is -0.124. The van der Waals surface area contributed by atoms with Gasteiger partial charge in [0, 0.05) is 24.4 Å². The number of rotatable bonds is 3. The molecule has 6 nitrogen and oxygen atoms in total. The Morgan fingerprint density at radius 3 is 2.65 bits per heavy atom. The van der Waals surface area contributed by atoms with E-state index in [0.29, 0.717) is 37.6 Å². The van der Waals surface area contributed by atoms with E-state index in [1.807, 2.05) is 11.8 Å². The van der Waals surface area contributed by atoms with Crippen molar-refractivity contribution in [1.82, 2.24) is 4.90 Å². The van der Waals surface area contributed by atoms with Crippen molar-refractivity contribution in [2.75, 3.05) is 31.7 Å². The van der Waals surface area contributed by atoms with Crippen LogP contribution < -0.4 is 5.32 Å². The SMILES string of the molecule is CC1COCCN1C(=O)c1ccc(NC(=O)C2CCCO2)cc1. The van der Waals surface area contributed by atoms with Crippen molar-refractivity contribution in [2.24, 2.45) is 0 Å². The molecular weight excluding hydrogens is 296 g/mol. The van der Waals surface area contributed by atoms with Gasteiger partial charge in [0.05, 0.1) is 19.3 Å². The zero-order chi connectivity index (χ0) is 16.2. The summed E-state index contributed by atoms with van der Waals surface area (Å²) in [6.45, 7) is 4.38. The predicted octanol–water partition coefficient (Wildman–Crippen LogP) is 1.66. The number of morpholine rings is 1. The van der Waals surface area contributed by atoms with Gasteiger partial charge in [-0.3, -0.25) is 9.59 Å². The van der Waals surface area contributed by atoms with Gasteiger partial charge in [-0.25, -0.2) is 0 Å². The number of carbonyl (C=O) groups is 2. The Morgan fingerprint density at radius 1 is 1.22 bits per heavy atom. The van der Waals surface area contributed by atoms with Crippen molar-refractivity contribution in [3.05, 3.63) is 29.8 Å². The first-order valence-electron chi connectivity index (χ1n) is 8.06. The lowest BCUT2D eigenvalue weighted by Gasteiger charge is -2.33. The summed E-state index contributed by atoms with van der Waals surface area (Å²) in [7, 11) is 0. The third-order valence-corrected chi connectivity index (χ3v) is 4.25. The maximum Gasteiger partial charge on any atom is 0.254 e. The Bertz CT molecular complexity index is 566. The normalized spacial score (nSPS) is 24.5. The Morgan fingerprint density at radius 2 is 2.00 bits per heavy atom. The van der Waals surface area contributed by atoms with Crippen LogP contribution in [0.4, 0.5) is 5.69 Å². The van der Waals surface area contributed by atoms with E-state index in [1.165, 1.54) is 0 Å². The maximum absolute atomic E-state index is 12.5. The van der Waals surface area contributed by atoms with Gasteiger partial charge in [0.2, 0.25) is 0 Å². The van der Waals surface area contributed by atoms with Gasteiger partial charge in [-0.1, -0.05) is 0 Å². The van der Waals surface area contributed by atoms with Crippen molar-refractivity contribution in [3.8, 4) is 0 Å². The lowest BCUT2D eigenvalue weighted by atomic mass is 10.1. The van der Waals surface area contributed by atoms with Crippen molar-refractivity contribution in [3.63, 3.8) is 0 Å². The number of nitrogens with zero attached hydrogens (tertiary/aromatic N) is 1. The number of benzene rings is 1. The fourth-order valence-corrected chi connectivity index (χ4v) is 2.90. The Balaban J connectivity index is 1.62. The molecule has 2 heterocycles. The lowest BCUT2D eigenvalue weighted by molar-refractivity contribution is -0.124. The van der Waals surface area contributed by atoms with Crippen molar-refractivity contribution in [1.29, 1.82) is 0 Å². The first kappa shape index (κ1) is 16.0. The van der Waals surface area contributed by atoms with Crippen LogP contribution in [-0.4, -0.2) is 55.2 Å².